The molecule has 0 unspecified atom stereocenters. The van der Waals surface area contributed by atoms with Gasteiger partial charge in [0.2, 0.25) is 0 Å². The lowest BCUT2D eigenvalue weighted by atomic mass is 10.0. The van der Waals surface area contributed by atoms with E-state index in [9.17, 15) is 4.79 Å². The van der Waals surface area contributed by atoms with E-state index in [0.717, 1.165) is 0 Å². The highest BCUT2D eigenvalue weighted by Gasteiger charge is 2.19. The van der Waals surface area contributed by atoms with Crippen LogP contribution in [-0.2, 0) is 4.74 Å². The third-order valence-corrected chi connectivity index (χ3v) is 3.49. The van der Waals surface area contributed by atoms with E-state index in [2.05, 4.69) is 16.3 Å². The van der Waals surface area contributed by atoms with Crippen LogP contribution in [0.15, 0.2) is 54.7 Å². The molecule has 3 aromatic rings. The molecule has 6 nitrogen and oxygen atoms in total. The molecule has 0 bridgehead atoms. The highest BCUT2D eigenvalue weighted by Crippen LogP contribution is 2.33. The number of nitrogens with one attached hydrogen (secondary N) is 1. The standard InChI is InChI=1S/C19H15N3O3/c1-2-24-19(23)16-6-4-3-5-15(16)18-17(12-21-22-18)25-14-9-7-13(11-20)8-10-14/h3-10,12H,2H2,1H3,(H,21,22). The van der Waals surface area contributed by atoms with Gasteiger partial charge < -0.3 is 9.47 Å². The van der Waals surface area contributed by atoms with Crippen LogP contribution in [0.25, 0.3) is 11.3 Å². The topological polar surface area (TPSA) is 88.0 Å². The van der Waals surface area contributed by atoms with Gasteiger partial charge in [-0.25, -0.2) is 4.79 Å². The molecule has 0 saturated carbocycles. The second kappa shape index (κ2) is 7.32. The van der Waals surface area contributed by atoms with Gasteiger partial charge in [0.15, 0.2) is 5.75 Å². The second-order valence-electron chi connectivity index (χ2n) is 5.10. The van der Waals surface area contributed by atoms with Crippen LogP contribution in [0.3, 0.4) is 0 Å². The fraction of sp³-hybridized carbons (Fsp3) is 0.105. The number of hydrogen-bond acceptors (Lipinski definition) is 5. The predicted molar refractivity (Wildman–Crippen MR) is 91.2 cm³/mol. The van der Waals surface area contributed by atoms with E-state index in [1.54, 1.807) is 55.6 Å². The molecule has 0 aliphatic rings. The number of benzene rings is 2. The van der Waals surface area contributed by atoms with E-state index < -0.39 is 5.97 Å². The van der Waals surface area contributed by atoms with Crippen LogP contribution in [0.2, 0.25) is 0 Å². The maximum Gasteiger partial charge on any atom is 0.338 e. The van der Waals surface area contributed by atoms with Crippen LogP contribution in [0.1, 0.15) is 22.8 Å². The summed E-state index contributed by atoms with van der Waals surface area (Å²) in [4.78, 5) is 12.2. The summed E-state index contributed by atoms with van der Waals surface area (Å²) in [5.41, 5.74) is 2.09. The van der Waals surface area contributed by atoms with E-state index >= 15 is 0 Å². The van der Waals surface area contributed by atoms with Crippen molar-refractivity contribution in [2.75, 3.05) is 6.61 Å². The molecule has 2 aromatic carbocycles. The summed E-state index contributed by atoms with van der Waals surface area (Å²) in [5.74, 6) is 0.627. The zero-order valence-electron chi connectivity index (χ0n) is 13.5. The number of nitrogens with zero attached hydrogens (tertiary/aromatic N) is 2. The fourth-order valence-corrected chi connectivity index (χ4v) is 2.35. The number of nitriles is 1. The molecule has 1 aromatic heterocycles. The van der Waals surface area contributed by atoms with E-state index in [4.69, 9.17) is 14.7 Å². The summed E-state index contributed by atoms with van der Waals surface area (Å²) >= 11 is 0. The van der Waals surface area contributed by atoms with Crippen molar-refractivity contribution in [1.82, 2.24) is 10.2 Å². The maximum atomic E-state index is 12.2. The lowest BCUT2D eigenvalue weighted by molar-refractivity contribution is 0.0527. The Hall–Kier alpha value is -3.59. The summed E-state index contributed by atoms with van der Waals surface area (Å²) in [5, 5.41) is 15.8. The molecule has 6 heteroatoms. The zero-order chi connectivity index (χ0) is 17.6. The molecular weight excluding hydrogens is 318 g/mol. The van der Waals surface area contributed by atoms with Gasteiger partial charge >= 0.3 is 5.97 Å². The summed E-state index contributed by atoms with van der Waals surface area (Å²) in [7, 11) is 0. The Morgan fingerprint density at radius 1 is 1.20 bits per heavy atom. The normalized spacial score (nSPS) is 10.1. The number of carbonyl (C=O) groups is 1. The first kappa shape index (κ1) is 16.3. The number of ether oxygens (including phenoxy) is 2. The summed E-state index contributed by atoms with van der Waals surface area (Å²) in [6, 6.07) is 15.9. The molecule has 0 saturated heterocycles. The number of hydrogen-bond donors (Lipinski definition) is 1. The van der Waals surface area contributed by atoms with E-state index in [1.165, 1.54) is 0 Å². The molecule has 0 fully saturated rings. The Kier molecular flexibility index (Phi) is 4.77. The largest absolute Gasteiger partial charge is 0.462 e. The SMILES string of the molecule is CCOC(=O)c1ccccc1-c1n[nH]cc1Oc1ccc(C#N)cc1. The fourth-order valence-electron chi connectivity index (χ4n) is 2.35. The first-order valence-corrected chi connectivity index (χ1v) is 7.71. The minimum absolute atomic E-state index is 0.294. The molecule has 1 N–H and O–H groups in total. The highest BCUT2D eigenvalue weighted by molar-refractivity contribution is 5.97. The maximum absolute atomic E-state index is 12.2. The average Bonchev–Trinajstić information content (AvgIpc) is 3.10. The molecule has 25 heavy (non-hydrogen) atoms. The van der Waals surface area contributed by atoms with Gasteiger partial charge in [-0.3, -0.25) is 5.10 Å². The molecule has 0 radical (unpaired) electrons. The van der Waals surface area contributed by atoms with Gasteiger partial charge in [-0.15, -0.1) is 0 Å². The van der Waals surface area contributed by atoms with Gasteiger partial charge in [0, 0.05) is 5.56 Å². The van der Waals surface area contributed by atoms with Crippen LogP contribution in [0.5, 0.6) is 11.5 Å². The van der Waals surface area contributed by atoms with Gasteiger partial charge in [0.05, 0.1) is 30.0 Å². The molecular formula is C19H15N3O3. The number of esters is 1. The lowest BCUT2D eigenvalue weighted by Crippen LogP contribution is -2.06. The zero-order valence-corrected chi connectivity index (χ0v) is 13.5. The predicted octanol–water partition coefficient (Wildman–Crippen LogP) is 3.92. The van der Waals surface area contributed by atoms with Crippen molar-refractivity contribution in [3.63, 3.8) is 0 Å². The molecule has 3 rings (SSSR count). The van der Waals surface area contributed by atoms with E-state index in [0.29, 0.717) is 40.5 Å². The van der Waals surface area contributed by atoms with Gasteiger partial charge in [0.25, 0.3) is 0 Å². The Morgan fingerprint density at radius 3 is 2.68 bits per heavy atom. The Morgan fingerprint density at radius 2 is 1.96 bits per heavy atom. The van der Waals surface area contributed by atoms with Gasteiger partial charge in [-0.2, -0.15) is 10.4 Å². The Balaban J connectivity index is 1.94. The van der Waals surface area contributed by atoms with Crippen LogP contribution in [0, 0.1) is 11.3 Å². The van der Waals surface area contributed by atoms with Gasteiger partial charge in [-0.1, -0.05) is 18.2 Å². The monoisotopic (exact) mass is 333 g/mol. The number of carbonyl (C=O) groups excluding carboxylic acids is 1. The Labute approximate surface area is 144 Å². The first-order chi connectivity index (χ1) is 12.2. The molecule has 0 aliphatic heterocycles. The van der Waals surface area contributed by atoms with E-state index in [1.807, 2.05) is 6.07 Å². The number of aromatic nitrogens is 2. The van der Waals surface area contributed by atoms with Gasteiger partial charge in [-0.05, 0) is 37.3 Å². The van der Waals surface area contributed by atoms with Crippen LogP contribution >= 0.6 is 0 Å². The van der Waals surface area contributed by atoms with Crippen LogP contribution in [0.4, 0.5) is 0 Å². The molecule has 0 aliphatic carbocycles. The Bertz CT molecular complexity index is 924. The quantitative estimate of drug-likeness (QED) is 0.715. The highest BCUT2D eigenvalue weighted by atomic mass is 16.5. The first-order valence-electron chi connectivity index (χ1n) is 7.71. The van der Waals surface area contributed by atoms with Crippen LogP contribution in [-0.4, -0.2) is 22.8 Å². The summed E-state index contributed by atoms with van der Waals surface area (Å²) in [6.45, 7) is 2.05. The number of aromatic amines is 1. The van der Waals surface area contributed by atoms with Crippen molar-refractivity contribution >= 4 is 5.97 Å². The molecule has 1 heterocycles. The third kappa shape index (κ3) is 3.51. The van der Waals surface area contributed by atoms with Crippen molar-refractivity contribution in [2.24, 2.45) is 0 Å². The minimum atomic E-state index is -0.412. The number of rotatable bonds is 5. The van der Waals surface area contributed by atoms with Crippen molar-refractivity contribution in [2.45, 2.75) is 6.92 Å². The van der Waals surface area contributed by atoms with Crippen LogP contribution < -0.4 is 4.74 Å². The molecule has 0 atom stereocenters. The van der Waals surface area contributed by atoms with Crippen molar-refractivity contribution < 1.29 is 14.3 Å². The molecule has 124 valence electrons. The summed E-state index contributed by atoms with van der Waals surface area (Å²) in [6.07, 6.45) is 1.61. The molecule has 0 amide bonds. The van der Waals surface area contributed by atoms with Crippen molar-refractivity contribution in [1.29, 1.82) is 5.26 Å². The minimum Gasteiger partial charge on any atom is -0.462 e. The lowest BCUT2D eigenvalue weighted by Gasteiger charge is -2.09. The number of H-pyrrole nitrogens is 1. The smallest absolute Gasteiger partial charge is 0.338 e. The third-order valence-electron chi connectivity index (χ3n) is 3.49. The second-order valence-corrected chi connectivity index (χ2v) is 5.10. The van der Waals surface area contributed by atoms with Gasteiger partial charge in [0.1, 0.15) is 11.4 Å². The van der Waals surface area contributed by atoms with Crippen molar-refractivity contribution in [3.8, 4) is 28.8 Å². The summed E-state index contributed by atoms with van der Waals surface area (Å²) < 4.78 is 10.9. The average molecular weight is 333 g/mol. The molecule has 0 spiro atoms. The van der Waals surface area contributed by atoms with Crippen molar-refractivity contribution in [3.05, 3.63) is 65.9 Å². The van der Waals surface area contributed by atoms with E-state index in [-0.39, 0.29) is 0 Å².